The number of nitriles is 1. The van der Waals surface area contributed by atoms with Crippen LogP contribution in [0.2, 0.25) is 0 Å². The monoisotopic (exact) mass is 263 g/mol. The van der Waals surface area contributed by atoms with E-state index in [4.69, 9.17) is 10.2 Å². The van der Waals surface area contributed by atoms with Crippen molar-refractivity contribution in [3.8, 4) is 6.07 Å². The molecule has 0 amide bonds. The lowest BCUT2D eigenvalue weighted by Crippen LogP contribution is -2.23. The van der Waals surface area contributed by atoms with Crippen molar-refractivity contribution in [3.63, 3.8) is 0 Å². The van der Waals surface area contributed by atoms with Crippen LogP contribution in [0.4, 0.5) is 5.13 Å². The Balaban J connectivity index is 2.22. The minimum atomic E-state index is 0.408. The van der Waals surface area contributed by atoms with Crippen molar-refractivity contribution in [2.45, 2.75) is 51.9 Å². The highest BCUT2D eigenvalue weighted by Crippen LogP contribution is 2.32. The maximum absolute atomic E-state index is 8.91. The summed E-state index contributed by atoms with van der Waals surface area (Å²) < 4.78 is 0. The number of aromatic nitrogens is 1. The third kappa shape index (κ3) is 3.02. The molecule has 0 aliphatic carbocycles. The van der Waals surface area contributed by atoms with Crippen molar-refractivity contribution in [2.24, 2.45) is 0 Å². The highest BCUT2D eigenvalue weighted by atomic mass is 32.1. The topological polar surface area (TPSA) is 39.9 Å². The zero-order chi connectivity index (χ0) is 13.0. The first-order chi connectivity index (χ1) is 8.72. The van der Waals surface area contributed by atoms with E-state index in [1.54, 1.807) is 11.3 Å². The Morgan fingerprint density at radius 1 is 1.28 bits per heavy atom. The van der Waals surface area contributed by atoms with Gasteiger partial charge in [-0.05, 0) is 18.8 Å². The summed E-state index contributed by atoms with van der Waals surface area (Å²) in [5.74, 6) is 0.408. The third-order valence-corrected chi connectivity index (χ3v) is 4.51. The summed E-state index contributed by atoms with van der Waals surface area (Å²) in [5, 5.41) is 10.0. The first-order valence-electron chi connectivity index (χ1n) is 6.84. The second kappa shape index (κ2) is 6.19. The van der Waals surface area contributed by atoms with Gasteiger partial charge in [-0.3, -0.25) is 0 Å². The fourth-order valence-electron chi connectivity index (χ4n) is 2.40. The van der Waals surface area contributed by atoms with Crippen LogP contribution in [0.1, 0.15) is 56.0 Å². The standard InChI is InChI=1S/C14H21N3S/c1-11(2)13-12(7-8-15)18-14(16-13)17-9-5-3-4-6-10-17/h11H,3-7,9-10H2,1-2H3. The molecule has 2 heterocycles. The van der Waals surface area contributed by atoms with Crippen LogP contribution in [0.15, 0.2) is 0 Å². The molecule has 18 heavy (non-hydrogen) atoms. The third-order valence-electron chi connectivity index (χ3n) is 3.38. The molecule has 1 aliphatic heterocycles. The zero-order valence-electron chi connectivity index (χ0n) is 11.3. The van der Waals surface area contributed by atoms with Gasteiger partial charge in [-0.2, -0.15) is 5.26 Å². The fraction of sp³-hybridized carbons (Fsp3) is 0.714. The second-order valence-corrected chi connectivity index (χ2v) is 6.26. The van der Waals surface area contributed by atoms with Crippen LogP contribution in [-0.4, -0.2) is 18.1 Å². The first-order valence-corrected chi connectivity index (χ1v) is 7.65. The molecule has 0 radical (unpaired) electrons. The predicted molar refractivity (Wildman–Crippen MR) is 76.2 cm³/mol. The van der Waals surface area contributed by atoms with Crippen LogP contribution >= 0.6 is 11.3 Å². The molecule has 1 fully saturated rings. The Morgan fingerprint density at radius 3 is 2.50 bits per heavy atom. The lowest BCUT2D eigenvalue weighted by molar-refractivity contribution is 0.726. The van der Waals surface area contributed by atoms with E-state index >= 15 is 0 Å². The minimum Gasteiger partial charge on any atom is -0.348 e. The van der Waals surface area contributed by atoms with Crippen LogP contribution in [0.5, 0.6) is 0 Å². The minimum absolute atomic E-state index is 0.408. The number of hydrogen-bond donors (Lipinski definition) is 0. The van der Waals surface area contributed by atoms with Gasteiger partial charge in [0.15, 0.2) is 5.13 Å². The Kier molecular flexibility index (Phi) is 4.60. The lowest BCUT2D eigenvalue weighted by Gasteiger charge is -2.18. The van der Waals surface area contributed by atoms with Gasteiger partial charge in [0, 0.05) is 18.0 Å². The molecule has 1 saturated heterocycles. The molecule has 1 aliphatic rings. The summed E-state index contributed by atoms with van der Waals surface area (Å²) in [6, 6.07) is 2.26. The zero-order valence-corrected chi connectivity index (χ0v) is 12.1. The fourth-order valence-corrected chi connectivity index (χ4v) is 3.60. The molecule has 2 rings (SSSR count). The quantitative estimate of drug-likeness (QED) is 0.834. The van der Waals surface area contributed by atoms with Gasteiger partial charge in [-0.25, -0.2) is 4.98 Å². The molecule has 3 nitrogen and oxygen atoms in total. The van der Waals surface area contributed by atoms with Crippen molar-refractivity contribution in [1.82, 2.24) is 4.98 Å². The van der Waals surface area contributed by atoms with E-state index < -0.39 is 0 Å². The SMILES string of the molecule is CC(C)c1nc(N2CCCCCC2)sc1CC#N. The summed E-state index contributed by atoms with van der Waals surface area (Å²) in [6.07, 6.45) is 5.71. The molecule has 0 bridgehead atoms. The molecule has 98 valence electrons. The maximum Gasteiger partial charge on any atom is 0.185 e. The van der Waals surface area contributed by atoms with Gasteiger partial charge in [0.05, 0.1) is 18.2 Å². The van der Waals surface area contributed by atoms with Crippen molar-refractivity contribution in [3.05, 3.63) is 10.6 Å². The molecular formula is C14H21N3S. The summed E-state index contributed by atoms with van der Waals surface area (Å²) >= 11 is 1.72. The number of hydrogen-bond acceptors (Lipinski definition) is 4. The van der Waals surface area contributed by atoms with Crippen LogP contribution in [0.3, 0.4) is 0 Å². The van der Waals surface area contributed by atoms with Crippen LogP contribution in [0, 0.1) is 11.3 Å². The van der Waals surface area contributed by atoms with Crippen molar-refractivity contribution < 1.29 is 0 Å². The van der Waals surface area contributed by atoms with Crippen LogP contribution in [-0.2, 0) is 6.42 Å². The van der Waals surface area contributed by atoms with E-state index in [0.717, 1.165) is 28.8 Å². The first kappa shape index (κ1) is 13.4. The van der Waals surface area contributed by atoms with E-state index in [9.17, 15) is 0 Å². The van der Waals surface area contributed by atoms with Gasteiger partial charge in [-0.15, -0.1) is 11.3 Å². The highest BCUT2D eigenvalue weighted by molar-refractivity contribution is 7.15. The van der Waals surface area contributed by atoms with Crippen molar-refractivity contribution >= 4 is 16.5 Å². The van der Waals surface area contributed by atoms with E-state index in [-0.39, 0.29) is 0 Å². The van der Waals surface area contributed by atoms with Gasteiger partial charge in [0.2, 0.25) is 0 Å². The van der Waals surface area contributed by atoms with Gasteiger partial charge >= 0.3 is 0 Å². The van der Waals surface area contributed by atoms with Gasteiger partial charge in [-0.1, -0.05) is 26.7 Å². The molecule has 1 aromatic heterocycles. The molecule has 0 spiro atoms. The van der Waals surface area contributed by atoms with Crippen LogP contribution in [0.25, 0.3) is 0 Å². The van der Waals surface area contributed by atoms with Crippen molar-refractivity contribution in [1.29, 1.82) is 5.26 Å². The van der Waals surface area contributed by atoms with E-state index in [1.807, 2.05) is 0 Å². The van der Waals surface area contributed by atoms with E-state index in [0.29, 0.717) is 12.3 Å². The Bertz CT molecular complexity index is 423. The van der Waals surface area contributed by atoms with E-state index in [2.05, 4.69) is 24.8 Å². The lowest BCUT2D eigenvalue weighted by atomic mass is 10.1. The second-order valence-electron chi connectivity index (χ2n) is 5.20. The molecule has 0 aromatic carbocycles. The van der Waals surface area contributed by atoms with E-state index in [1.165, 1.54) is 25.7 Å². The van der Waals surface area contributed by atoms with Crippen molar-refractivity contribution in [2.75, 3.05) is 18.0 Å². The summed E-state index contributed by atoms with van der Waals surface area (Å²) in [5.41, 5.74) is 1.13. The smallest absolute Gasteiger partial charge is 0.185 e. The van der Waals surface area contributed by atoms with Crippen LogP contribution < -0.4 is 4.90 Å². The summed E-state index contributed by atoms with van der Waals surface area (Å²) in [4.78, 5) is 8.35. The molecule has 0 unspecified atom stereocenters. The average molecular weight is 263 g/mol. The number of thiazole rings is 1. The maximum atomic E-state index is 8.91. The predicted octanol–water partition coefficient (Wildman–Crippen LogP) is 3.71. The number of nitrogens with zero attached hydrogens (tertiary/aromatic N) is 3. The Morgan fingerprint density at radius 2 is 1.94 bits per heavy atom. The number of anilines is 1. The normalized spacial score (nSPS) is 16.7. The number of rotatable bonds is 3. The Hall–Kier alpha value is -1.08. The summed E-state index contributed by atoms with van der Waals surface area (Å²) in [7, 11) is 0. The highest BCUT2D eigenvalue weighted by Gasteiger charge is 2.18. The van der Waals surface area contributed by atoms with Gasteiger partial charge in [0.1, 0.15) is 0 Å². The molecule has 0 saturated carbocycles. The molecule has 4 heteroatoms. The van der Waals surface area contributed by atoms with Gasteiger partial charge in [0.25, 0.3) is 0 Å². The molecule has 0 N–H and O–H groups in total. The largest absolute Gasteiger partial charge is 0.348 e. The molecule has 0 atom stereocenters. The Labute approximate surface area is 113 Å². The molecule has 1 aromatic rings. The average Bonchev–Trinajstić information content (AvgIpc) is 2.59. The molecular weight excluding hydrogens is 242 g/mol. The van der Waals surface area contributed by atoms with Gasteiger partial charge < -0.3 is 4.90 Å². The summed E-state index contributed by atoms with van der Waals surface area (Å²) in [6.45, 7) is 6.55.